The van der Waals surface area contributed by atoms with Gasteiger partial charge in [0, 0.05) is 6.42 Å². The molecule has 0 aromatic heterocycles. The van der Waals surface area contributed by atoms with Crippen LogP contribution in [0.15, 0.2) is 30.3 Å². The van der Waals surface area contributed by atoms with Crippen LogP contribution in [0, 0.1) is 0 Å². The lowest BCUT2D eigenvalue weighted by atomic mass is 10.0. The van der Waals surface area contributed by atoms with E-state index >= 15 is 0 Å². The minimum atomic E-state index is -1.68. The molecule has 34 heavy (non-hydrogen) atoms. The number of aliphatic hydroxyl groups is 2. The number of rotatable bonds is 14. The topological polar surface area (TPSA) is 228 Å². The van der Waals surface area contributed by atoms with E-state index in [9.17, 15) is 29.1 Å². The molecule has 1 aromatic rings. The molecule has 1 rings (SSSR count). The van der Waals surface area contributed by atoms with Crippen LogP contribution in [0.4, 0.5) is 0 Å². The normalized spacial score (nSPS) is 15.2. The number of benzene rings is 1. The van der Waals surface area contributed by atoms with Crippen molar-refractivity contribution in [2.45, 2.75) is 56.5 Å². The molecule has 0 bridgehead atoms. The van der Waals surface area contributed by atoms with Gasteiger partial charge in [-0.3, -0.25) is 19.2 Å². The first-order valence-corrected chi connectivity index (χ1v) is 10.4. The molecule has 188 valence electrons. The highest BCUT2D eigenvalue weighted by molar-refractivity contribution is 5.94. The molecule has 5 unspecified atom stereocenters. The summed E-state index contributed by atoms with van der Waals surface area (Å²) in [5, 5.41) is 43.4. The average Bonchev–Trinajstić information content (AvgIpc) is 2.77. The summed E-state index contributed by atoms with van der Waals surface area (Å²) < 4.78 is 0. The standard InChI is InChI=1S/C21H30N4O9/c1-11(27)17(20(32)24-15(10-26)21(33)34)25-19(31)14(7-8-16(28)29)23-18(30)13(22)9-12-5-3-2-4-6-12/h2-6,11,13-15,17,26-27H,7-10,22H2,1H3,(H,23,30)(H,24,32)(H,25,31)(H,28,29)(H,33,34). The predicted octanol–water partition coefficient (Wildman–Crippen LogP) is -2.67. The summed E-state index contributed by atoms with van der Waals surface area (Å²) in [6.45, 7) is 0.220. The number of carbonyl (C=O) groups excluding carboxylic acids is 3. The number of nitrogens with one attached hydrogen (secondary N) is 3. The molecule has 3 amide bonds. The molecule has 1 aromatic carbocycles. The Balaban J connectivity index is 2.93. The number of nitrogens with two attached hydrogens (primary N) is 1. The first-order chi connectivity index (χ1) is 16.0. The van der Waals surface area contributed by atoms with Gasteiger partial charge in [-0.1, -0.05) is 30.3 Å². The molecule has 13 heteroatoms. The highest BCUT2D eigenvalue weighted by Gasteiger charge is 2.32. The summed E-state index contributed by atoms with van der Waals surface area (Å²) in [7, 11) is 0. The van der Waals surface area contributed by atoms with Gasteiger partial charge in [-0.25, -0.2) is 4.79 Å². The number of carboxylic acid groups (broad SMARTS) is 2. The Hall–Kier alpha value is -3.55. The molecule has 0 aliphatic rings. The monoisotopic (exact) mass is 482 g/mol. The maximum Gasteiger partial charge on any atom is 0.328 e. The van der Waals surface area contributed by atoms with Crippen LogP contribution in [0.1, 0.15) is 25.3 Å². The van der Waals surface area contributed by atoms with Crippen molar-refractivity contribution in [2.24, 2.45) is 5.73 Å². The molecule has 0 fully saturated rings. The smallest absolute Gasteiger partial charge is 0.328 e. The van der Waals surface area contributed by atoms with Gasteiger partial charge in [0.05, 0.1) is 18.8 Å². The molecule has 9 N–H and O–H groups in total. The Morgan fingerprint density at radius 1 is 0.912 bits per heavy atom. The van der Waals surface area contributed by atoms with Crippen LogP contribution in [0.25, 0.3) is 0 Å². The van der Waals surface area contributed by atoms with E-state index < -0.39 is 73.0 Å². The summed E-state index contributed by atoms with van der Waals surface area (Å²) in [4.78, 5) is 59.7. The Kier molecular flexibility index (Phi) is 11.6. The molecular weight excluding hydrogens is 452 g/mol. The first kappa shape index (κ1) is 28.5. The lowest BCUT2D eigenvalue weighted by Gasteiger charge is -2.26. The van der Waals surface area contributed by atoms with Crippen molar-refractivity contribution < 1.29 is 44.4 Å². The van der Waals surface area contributed by atoms with Crippen molar-refractivity contribution in [3.63, 3.8) is 0 Å². The van der Waals surface area contributed by atoms with E-state index in [0.717, 1.165) is 12.5 Å². The van der Waals surface area contributed by atoms with E-state index in [0.29, 0.717) is 0 Å². The predicted molar refractivity (Wildman–Crippen MR) is 117 cm³/mol. The molecule has 0 aliphatic carbocycles. The molecule has 0 saturated carbocycles. The number of aliphatic hydroxyl groups excluding tert-OH is 2. The zero-order valence-electron chi connectivity index (χ0n) is 18.5. The van der Waals surface area contributed by atoms with E-state index in [4.69, 9.17) is 21.1 Å². The van der Waals surface area contributed by atoms with Crippen LogP contribution in [0.3, 0.4) is 0 Å². The fourth-order valence-electron chi connectivity index (χ4n) is 2.88. The van der Waals surface area contributed by atoms with Crippen LogP contribution in [-0.2, 0) is 30.4 Å². The van der Waals surface area contributed by atoms with E-state index in [1.807, 2.05) is 5.32 Å². The molecule has 13 nitrogen and oxygen atoms in total. The quantitative estimate of drug-likeness (QED) is 0.137. The van der Waals surface area contributed by atoms with Crippen molar-refractivity contribution in [2.75, 3.05) is 6.61 Å². The van der Waals surface area contributed by atoms with Gasteiger partial charge >= 0.3 is 11.9 Å². The Labute approximate surface area is 195 Å². The van der Waals surface area contributed by atoms with Gasteiger partial charge in [-0.2, -0.15) is 0 Å². The van der Waals surface area contributed by atoms with Gasteiger partial charge in [-0.15, -0.1) is 0 Å². The van der Waals surface area contributed by atoms with Crippen molar-refractivity contribution in [1.82, 2.24) is 16.0 Å². The fraction of sp³-hybridized carbons (Fsp3) is 0.476. The SMILES string of the molecule is CC(O)C(NC(=O)C(CCC(=O)O)NC(=O)C(N)Cc1ccccc1)C(=O)NC(CO)C(=O)O. The molecule has 0 saturated heterocycles. The Bertz CT molecular complexity index is 863. The summed E-state index contributed by atoms with van der Waals surface area (Å²) in [6, 6.07) is 3.02. The summed E-state index contributed by atoms with van der Waals surface area (Å²) in [5.41, 5.74) is 6.67. The summed E-state index contributed by atoms with van der Waals surface area (Å²) >= 11 is 0. The van der Waals surface area contributed by atoms with Crippen LogP contribution >= 0.6 is 0 Å². The van der Waals surface area contributed by atoms with Crippen LogP contribution in [0.5, 0.6) is 0 Å². The van der Waals surface area contributed by atoms with Crippen molar-refractivity contribution >= 4 is 29.7 Å². The number of carbonyl (C=O) groups is 5. The second-order valence-corrected chi connectivity index (χ2v) is 7.60. The second-order valence-electron chi connectivity index (χ2n) is 7.60. The number of carboxylic acids is 2. The zero-order chi connectivity index (χ0) is 25.8. The van der Waals surface area contributed by atoms with E-state index in [-0.39, 0.29) is 12.8 Å². The number of amides is 3. The highest BCUT2D eigenvalue weighted by atomic mass is 16.4. The third-order valence-electron chi connectivity index (χ3n) is 4.77. The third-order valence-corrected chi connectivity index (χ3v) is 4.77. The van der Waals surface area contributed by atoms with Crippen molar-refractivity contribution in [3.05, 3.63) is 35.9 Å². The minimum absolute atomic E-state index is 0.149. The second kappa shape index (κ2) is 13.9. The zero-order valence-corrected chi connectivity index (χ0v) is 18.5. The van der Waals surface area contributed by atoms with Crippen LogP contribution in [0.2, 0.25) is 0 Å². The van der Waals surface area contributed by atoms with Crippen molar-refractivity contribution in [1.29, 1.82) is 0 Å². The molecule has 0 aliphatic heterocycles. The average molecular weight is 482 g/mol. The lowest BCUT2D eigenvalue weighted by Crippen LogP contribution is -2.60. The minimum Gasteiger partial charge on any atom is -0.481 e. The van der Waals surface area contributed by atoms with Crippen LogP contribution < -0.4 is 21.7 Å². The summed E-state index contributed by atoms with van der Waals surface area (Å²) in [5.74, 6) is -5.60. The van der Waals surface area contributed by atoms with Gasteiger partial charge in [-0.05, 0) is 25.3 Å². The van der Waals surface area contributed by atoms with E-state index in [2.05, 4.69) is 10.6 Å². The van der Waals surface area contributed by atoms with Gasteiger partial charge in [0.25, 0.3) is 0 Å². The lowest BCUT2D eigenvalue weighted by molar-refractivity contribution is -0.144. The number of hydrogen-bond donors (Lipinski definition) is 8. The number of aliphatic carboxylic acids is 2. The van der Waals surface area contributed by atoms with Crippen molar-refractivity contribution in [3.8, 4) is 0 Å². The Morgan fingerprint density at radius 2 is 1.50 bits per heavy atom. The van der Waals surface area contributed by atoms with Gasteiger partial charge in [0.2, 0.25) is 17.7 Å². The fourth-order valence-corrected chi connectivity index (χ4v) is 2.88. The molecular formula is C21H30N4O9. The molecule has 0 radical (unpaired) electrons. The maximum absolute atomic E-state index is 12.8. The van der Waals surface area contributed by atoms with E-state index in [1.165, 1.54) is 0 Å². The van der Waals surface area contributed by atoms with Gasteiger partial charge in [0.15, 0.2) is 0 Å². The van der Waals surface area contributed by atoms with Gasteiger partial charge < -0.3 is 42.1 Å². The van der Waals surface area contributed by atoms with E-state index in [1.54, 1.807) is 30.3 Å². The highest BCUT2D eigenvalue weighted by Crippen LogP contribution is 2.05. The van der Waals surface area contributed by atoms with Crippen LogP contribution in [-0.4, -0.2) is 87.0 Å². The largest absolute Gasteiger partial charge is 0.481 e. The Morgan fingerprint density at radius 3 is 2.00 bits per heavy atom. The first-order valence-electron chi connectivity index (χ1n) is 10.4. The van der Waals surface area contributed by atoms with Gasteiger partial charge in [0.1, 0.15) is 18.1 Å². The molecule has 5 atom stereocenters. The number of hydrogen-bond acceptors (Lipinski definition) is 8. The maximum atomic E-state index is 12.8. The summed E-state index contributed by atoms with van der Waals surface area (Å²) in [6.07, 6.45) is -2.18. The third kappa shape index (κ3) is 9.52. The molecule has 0 spiro atoms. The molecule has 0 heterocycles.